The first-order valence-electron chi connectivity index (χ1n) is 7.78. The minimum absolute atomic E-state index is 0.0283. The highest BCUT2D eigenvalue weighted by Gasteiger charge is 2.48. The summed E-state index contributed by atoms with van der Waals surface area (Å²) in [5, 5.41) is 3.11. The van der Waals surface area contributed by atoms with E-state index in [0.717, 1.165) is 17.0 Å². The van der Waals surface area contributed by atoms with Crippen molar-refractivity contribution >= 4 is 40.8 Å². The highest BCUT2D eigenvalue weighted by atomic mass is 35.5. The van der Waals surface area contributed by atoms with Crippen molar-refractivity contribution in [1.29, 1.82) is 0 Å². The summed E-state index contributed by atoms with van der Waals surface area (Å²) in [6, 6.07) is 8.10. The Labute approximate surface area is 162 Å². The van der Waals surface area contributed by atoms with Gasteiger partial charge in [-0.25, -0.2) is 9.69 Å². The maximum Gasteiger partial charge on any atom is 0.416 e. The molecule has 27 heavy (non-hydrogen) atoms. The SMILES string of the molecule is CC1(Cc2ccc(C(F)(F)F)cc2)NC(=O)N(c2cc(Cl)cc(Cl)c2)C1=O. The largest absolute Gasteiger partial charge is 0.416 e. The molecular formula is C18H13Cl2F3N2O2. The van der Waals surface area contributed by atoms with E-state index < -0.39 is 29.2 Å². The summed E-state index contributed by atoms with van der Waals surface area (Å²) >= 11 is 11.9. The van der Waals surface area contributed by atoms with Crippen molar-refractivity contribution in [2.24, 2.45) is 0 Å². The number of halogens is 5. The molecule has 0 aliphatic carbocycles. The second-order valence-electron chi connectivity index (χ2n) is 6.40. The molecular weight excluding hydrogens is 404 g/mol. The molecule has 1 heterocycles. The van der Waals surface area contributed by atoms with E-state index in [1.807, 2.05) is 0 Å². The van der Waals surface area contributed by atoms with Gasteiger partial charge in [0, 0.05) is 16.5 Å². The number of hydrogen-bond acceptors (Lipinski definition) is 2. The maximum atomic E-state index is 12.9. The molecule has 1 unspecified atom stereocenters. The van der Waals surface area contributed by atoms with Crippen LogP contribution in [0.1, 0.15) is 18.1 Å². The zero-order valence-electron chi connectivity index (χ0n) is 13.9. The predicted octanol–water partition coefficient (Wildman–Crippen LogP) is 5.07. The third-order valence-corrected chi connectivity index (χ3v) is 4.64. The molecule has 0 spiro atoms. The molecule has 1 aliphatic heterocycles. The number of alkyl halides is 3. The van der Waals surface area contributed by atoms with Crippen LogP contribution in [0.15, 0.2) is 42.5 Å². The fourth-order valence-electron chi connectivity index (χ4n) is 2.93. The van der Waals surface area contributed by atoms with E-state index in [1.165, 1.54) is 37.3 Å². The van der Waals surface area contributed by atoms with E-state index in [4.69, 9.17) is 23.2 Å². The number of nitrogens with one attached hydrogen (secondary N) is 1. The van der Waals surface area contributed by atoms with Crippen LogP contribution in [0.25, 0.3) is 0 Å². The fourth-order valence-corrected chi connectivity index (χ4v) is 3.44. The van der Waals surface area contributed by atoms with Gasteiger partial charge in [0.05, 0.1) is 11.3 Å². The van der Waals surface area contributed by atoms with Crippen LogP contribution in [-0.4, -0.2) is 17.5 Å². The monoisotopic (exact) mass is 416 g/mol. The lowest BCUT2D eigenvalue weighted by Crippen LogP contribution is -2.46. The highest BCUT2D eigenvalue weighted by molar-refractivity contribution is 6.35. The number of amides is 3. The zero-order chi connectivity index (χ0) is 20.0. The Bertz CT molecular complexity index is 896. The second-order valence-corrected chi connectivity index (χ2v) is 7.27. The van der Waals surface area contributed by atoms with Gasteiger partial charge in [0.1, 0.15) is 5.54 Å². The first kappa shape index (κ1) is 19.5. The average Bonchev–Trinajstić information content (AvgIpc) is 2.75. The van der Waals surface area contributed by atoms with Crippen molar-refractivity contribution < 1.29 is 22.8 Å². The number of hydrogen-bond donors (Lipinski definition) is 1. The van der Waals surface area contributed by atoms with Gasteiger partial charge in [-0.1, -0.05) is 35.3 Å². The molecule has 2 aromatic carbocycles. The number of imide groups is 1. The van der Waals surface area contributed by atoms with Crippen LogP contribution < -0.4 is 10.2 Å². The van der Waals surface area contributed by atoms with Gasteiger partial charge in [0.25, 0.3) is 5.91 Å². The molecule has 1 atom stereocenters. The van der Waals surface area contributed by atoms with Crippen LogP contribution in [0.3, 0.4) is 0 Å². The van der Waals surface area contributed by atoms with E-state index in [2.05, 4.69) is 5.32 Å². The predicted molar refractivity (Wildman–Crippen MR) is 96.0 cm³/mol. The van der Waals surface area contributed by atoms with Crippen molar-refractivity contribution in [3.8, 4) is 0 Å². The van der Waals surface area contributed by atoms with E-state index in [1.54, 1.807) is 0 Å². The minimum atomic E-state index is -4.44. The van der Waals surface area contributed by atoms with Crippen molar-refractivity contribution in [2.75, 3.05) is 4.90 Å². The van der Waals surface area contributed by atoms with Gasteiger partial charge in [0.2, 0.25) is 0 Å². The molecule has 1 saturated heterocycles. The molecule has 1 fully saturated rings. The summed E-state index contributed by atoms with van der Waals surface area (Å²) in [5.41, 5.74) is -1.41. The second kappa shape index (κ2) is 6.73. The molecule has 0 radical (unpaired) electrons. The van der Waals surface area contributed by atoms with E-state index in [9.17, 15) is 22.8 Å². The van der Waals surface area contributed by atoms with Gasteiger partial charge >= 0.3 is 12.2 Å². The Balaban J connectivity index is 1.86. The normalized spacial score (nSPS) is 20.1. The van der Waals surface area contributed by atoms with E-state index in [0.29, 0.717) is 5.56 Å². The van der Waals surface area contributed by atoms with Crippen molar-refractivity contribution in [2.45, 2.75) is 25.1 Å². The Morgan fingerprint density at radius 2 is 1.59 bits per heavy atom. The highest BCUT2D eigenvalue weighted by Crippen LogP contribution is 2.33. The zero-order valence-corrected chi connectivity index (χ0v) is 15.4. The smallest absolute Gasteiger partial charge is 0.323 e. The number of benzene rings is 2. The molecule has 2 aromatic rings. The van der Waals surface area contributed by atoms with Crippen LogP contribution >= 0.6 is 23.2 Å². The van der Waals surface area contributed by atoms with Crippen LogP contribution in [-0.2, 0) is 17.4 Å². The molecule has 0 aromatic heterocycles. The Morgan fingerprint density at radius 3 is 2.11 bits per heavy atom. The molecule has 4 nitrogen and oxygen atoms in total. The Hall–Kier alpha value is -2.25. The minimum Gasteiger partial charge on any atom is -0.323 e. The lowest BCUT2D eigenvalue weighted by Gasteiger charge is -2.22. The lowest BCUT2D eigenvalue weighted by atomic mass is 9.92. The van der Waals surface area contributed by atoms with Gasteiger partial charge in [-0.05, 0) is 42.8 Å². The van der Waals surface area contributed by atoms with Gasteiger partial charge in [-0.3, -0.25) is 4.79 Å². The first-order valence-corrected chi connectivity index (χ1v) is 8.54. The molecule has 0 saturated carbocycles. The van der Waals surface area contributed by atoms with Crippen LogP contribution in [0, 0.1) is 0 Å². The average molecular weight is 417 g/mol. The number of carbonyl (C=O) groups excluding carboxylic acids is 2. The number of anilines is 1. The summed E-state index contributed by atoms with van der Waals surface area (Å²) in [6.07, 6.45) is -4.41. The third kappa shape index (κ3) is 3.89. The Kier molecular flexibility index (Phi) is 4.86. The van der Waals surface area contributed by atoms with Gasteiger partial charge < -0.3 is 5.32 Å². The maximum absolute atomic E-state index is 12.9. The van der Waals surface area contributed by atoms with Crippen molar-refractivity contribution in [3.05, 3.63) is 63.6 Å². The topological polar surface area (TPSA) is 49.4 Å². The summed E-state index contributed by atoms with van der Waals surface area (Å²) in [4.78, 5) is 26.1. The molecule has 0 bridgehead atoms. The van der Waals surface area contributed by atoms with Gasteiger partial charge in [0.15, 0.2) is 0 Å². The lowest BCUT2D eigenvalue weighted by molar-refractivity contribution is -0.137. The van der Waals surface area contributed by atoms with Crippen LogP contribution in [0.4, 0.5) is 23.7 Å². The van der Waals surface area contributed by atoms with Gasteiger partial charge in [-0.2, -0.15) is 13.2 Å². The van der Waals surface area contributed by atoms with Crippen LogP contribution in [0.5, 0.6) is 0 Å². The van der Waals surface area contributed by atoms with Crippen molar-refractivity contribution in [1.82, 2.24) is 5.32 Å². The molecule has 1 N–H and O–H groups in total. The molecule has 3 amide bonds. The third-order valence-electron chi connectivity index (χ3n) is 4.21. The molecule has 142 valence electrons. The molecule has 3 rings (SSSR count). The standard InChI is InChI=1S/C18H13Cl2F3N2O2/c1-17(9-10-2-4-11(5-3-10)18(21,22)23)15(26)25(16(27)24-17)14-7-12(19)6-13(20)8-14/h2-8H,9H2,1H3,(H,24,27). The number of nitrogens with zero attached hydrogens (tertiary/aromatic N) is 1. The Morgan fingerprint density at radius 1 is 1.04 bits per heavy atom. The fraction of sp³-hybridized carbons (Fsp3) is 0.222. The summed E-state index contributed by atoms with van der Waals surface area (Å²) in [5.74, 6) is -0.550. The summed E-state index contributed by atoms with van der Waals surface area (Å²) in [6.45, 7) is 1.51. The number of rotatable bonds is 3. The summed E-state index contributed by atoms with van der Waals surface area (Å²) < 4.78 is 38.0. The number of urea groups is 1. The molecule has 9 heteroatoms. The number of carbonyl (C=O) groups is 2. The molecule has 1 aliphatic rings. The van der Waals surface area contributed by atoms with Gasteiger partial charge in [-0.15, -0.1) is 0 Å². The first-order chi connectivity index (χ1) is 12.5. The van der Waals surface area contributed by atoms with E-state index in [-0.39, 0.29) is 22.2 Å². The van der Waals surface area contributed by atoms with Crippen molar-refractivity contribution in [3.63, 3.8) is 0 Å². The van der Waals surface area contributed by atoms with Crippen LogP contribution in [0.2, 0.25) is 10.0 Å². The summed E-state index contributed by atoms with van der Waals surface area (Å²) in [7, 11) is 0. The quantitative estimate of drug-likeness (QED) is 0.710. The van der Waals surface area contributed by atoms with E-state index >= 15 is 0 Å².